The highest BCUT2D eigenvalue weighted by atomic mass is 16.5. The second-order valence-electron chi connectivity index (χ2n) is 6.11. The van der Waals surface area contributed by atoms with Gasteiger partial charge in [-0.15, -0.1) is 15.3 Å². The van der Waals surface area contributed by atoms with Crippen molar-refractivity contribution in [1.82, 2.24) is 24.8 Å². The van der Waals surface area contributed by atoms with Crippen LogP contribution >= 0.6 is 0 Å². The lowest BCUT2D eigenvalue weighted by molar-refractivity contribution is 0.112. The van der Waals surface area contributed by atoms with Crippen LogP contribution in [0.5, 0.6) is 5.88 Å². The van der Waals surface area contributed by atoms with Crippen LogP contribution in [0, 0.1) is 0 Å². The second kappa shape index (κ2) is 6.58. The molecule has 0 aliphatic rings. The van der Waals surface area contributed by atoms with Crippen LogP contribution in [0.15, 0.2) is 65.6 Å². The molecule has 0 spiro atoms. The van der Waals surface area contributed by atoms with E-state index in [2.05, 4.69) is 20.3 Å². The van der Waals surface area contributed by atoms with E-state index >= 15 is 0 Å². The minimum absolute atomic E-state index is 0.213. The molecule has 5 aromatic rings. The molecule has 0 unspecified atom stereocenters. The topological polar surface area (TPSA) is 95.4 Å². The SMILES string of the molecule is O=Cc1ccc(COc2nn3c(-c4ccoc4)nnc3c3ccccc23)nc1. The number of rotatable bonds is 5. The van der Waals surface area contributed by atoms with Gasteiger partial charge in [-0.2, -0.15) is 4.52 Å². The zero-order chi connectivity index (χ0) is 18.9. The molecule has 0 saturated heterocycles. The molecule has 1 aromatic carbocycles. The summed E-state index contributed by atoms with van der Waals surface area (Å²) >= 11 is 0. The van der Waals surface area contributed by atoms with Crippen molar-refractivity contribution >= 4 is 22.7 Å². The van der Waals surface area contributed by atoms with Gasteiger partial charge in [-0.25, -0.2) is 0 Å². The van der Waals surface area contributed by atoms with Gasteiger partial charge in [-0.05, 0) is 24.3 Å². The molecular formula is C20H13N5O3. The Bertz CT molecular complexity index is 1280. The van der Waals surface area contributed by atoms with Crippen molar-refractivity contribution in [2.75, 3.05) is 0 Å². The quantitative estimate of drug-likeness (QED) is 0.437. The number of aldehydes is 1. The summed E-state index contributed by atoms with van der Waals surface area (Å²) in [7, 11) is 0. The second-order valence-corrected chi connectivity index (χ2v) is 6.11. The van der Waals surface area contributed by atoms with Gasteiger partial charge >= 0.3 is 0 Å². The number of ether oxygens (including phenoxy) is 1. The fourth-order valence-corrected chi connectivity index (χ4v) is 2.96. The van der Waals surface area contributed by atoms with Crippen LogP contribution in [-0.2, 0) is 6.61 Å². The van der Waals surface area contributed by atoms with Crippen LogP contribution in [0.3, 0.4) is 0 Å². The van der Waals surface area contributed by atoms with Gasteiger partial charge in [0.25, 0.3) is 0 Å². The number of pyridine rings is 1. The standard InChI is InChI=1S/C20H13N5O3/c26-10-13-5-6-15(21-9-13)12-28-20-17-4-2-1-3-16(17)19-23-22-18(25(19)24-20)14-7-8-27-11-14/h1-11H,12H2. The van der Waals surface area contributed by atoms with Gasteiger partial charge in [-0.1, -0.05) is 18.2 Å². The Balaban J connectivity index is 1.59. The molecule has 0 radical (unpaired) electrons. The van der Waals surface area contributed by atoms with Crippen LogP contribution in [0.1, 0.15) is 16.1 Å². The normalized spacial score (nSPS) is 11.1. The van der Waals surface area contributed by atoms with Crippen molar-refractivity contribution in [2.45, 2.75) is 6.61 Å². The first-order chi connectivity index (χ1) is 13.8. The number of carbonyl (C=O) groups excluding carboxylic acids is 1. The van der Waals surface area contributed by atoms with Crippen molar-refractivity contribution in [2.24, 2.45) is 0 Å². The van der Waals surface area contributed by atoms with Crippen LogP contribution in [0.4, 0.5) is 0 Å². The smallest absolute Gasteiger partial charge is 0.240 e. The lowest BCUT2D eigenvalue weighted by atomic mass is 10.2. The van der Waals surface area contributed by atoms with E-state index in [1.54, 1.807) is 35.2 Å². The molecule has 0 fully saturated rings. The van der Waals surface area contributed by atoms with E-state index < -0.39 is 0 Å². The summed E-state index contributed by atoms with van der Waals surface area (Å²) in [6, 6.07) is 13.0. The van der Waals surface area contributed by atoms with Crippen molar-refractivity contribution in [3.05, 3.63) is 72.4 Å². The minimum Gasteiger partial charge on any atom is -0.472 e. The maximum absolute atomic E-state index is 10.8. The molecule has 0 aliphatic heterocycles. The summed E-state index contributed by atoms with van der Waals surface area (Å²) in [6.45, 7) is 0.213. The van der Waals surface area contributed by atoms with E-state index in [9.17, 15) is 4.79 Å². The van der Waals surface area contributed by atoms with Gasteiger partial charge in [0.1, 0.15) is 12.9 Å². The Kier molecular flexibility index (Phi) is 3.79. The summed E-state index contributed by atoms with van der Waals surface area (Å²) in [5.41, 5.74) is 2.61. The Morgan fingerprint density at radius 1 is 1.07 bits per heavy atom. The average Bonchev–Trinajstić information content (AvgIpc) is 3.42. The van der Waals surface area contributed by atoms with Crippen molar-refractivity contribution in [1.29, 1.82) is 0 Å². The summed E-state index contributed by atoms with van der Waals surface area (Å²) in [5.74, 6) is 1.00. The van der Waals surface area contributed by atoms with E-state index in [1.165, 1.54) is 6.20 Å². The Labute approximate surface area is 158 Å². The average molecular weight is 371 g/mol. The first kappa shape index (κ1) is 16.1. The molecule has 0 bridgehead atoms. The number of furan rings is 1. The molecule has 0 saturated carbocycles. The van der Waals surface area contributed by atoms with Gasteiger partial charge in [-0.3, -0.25) is 9.78 Å². The largest absolute Gasteiger partial charge is 0.472 e. The molecule has 4 heterocycles. The molecule has 8 heteroatoms. The molecule has 4 aromatic heterocycles. The predicted molar refractivity (Wildman–Crippen MR) is 99.9 cm³/mol. The summed E-state index contributed by atoms with van der Waals surface area (Å²) in [6.07, 6.45) is 5.43. The summed E-state index contributed by atoms with van der Waals surface area (Å²) in [5, 5.41) is 14.9. The number of carbonyl (C=O) groups is 1. The zero-order valence-electron chi connectivity index (χ0n) is 14.5. The lowest BCUT2D eigenvalue weighted by Gasteiger charge is -2.09. The molecule has 0 atom stereocenters. The van der Waals surface area contributed by atoms with Crippen LogP contribution < -0.4 is 4.74 Å². The highest BCUT2D eigenvalue weighted by Crippen LogP contribution is 2.29. The van der Waals surface area contributed by atoms with Crippen molar-refractivity contribution in [3.8, 4) is 17.3 Å². The summed E-state index contributed by atoms with van der Waals surface area (Å²) in [4.78, 5) is 15.0. The Morgan fingerprint density at radius 3 is 2.71 bits per heavy atom. The maximum atomic E-state index is 10.8. The predicted octanol–water partition coefficient (Wildman–Crippen LogP) is 3.32. The maximum Gasteiger partial charge on any atom is 0.240 e. The van der Waals surface area contributed by atoms with E-state index in [0.29, 0.717) is 28.6 Å². The first-order valence-electron chi connectivity index (χ1n) is 8.53. The fraction of sp³-hybridized carbons (Fsp3) is 0.0500. The number of hydrogen-bond acceptors (Lipinski definition) is 7. The molecule has 0 amide bonds. The highest BCUT2D eigenvalue weighted by molar-refractivity contribution is 5.97. The number of benzene rings is 1. The van der Waals surface area contributed by atoms with Gasteiger partial charge in [0.2, 0.25) is 5.88 Å². The van der Waals surface area contributed by atoms with Crippen LogP contribution in [0.2, 0.25) is 0 Å². The molecule has 0 aliphatic carbocycles. The third-order valence-corrected chi connectivity index (χ3v) is 4.35. The molecule has 8 nitrogen and oxygen atoms in total. The molecule has 136 valence electrons. The van der Waals surface area contributed by atoms with Gasteiger partial charge in [0.15, 0.2) is 17.8 Å². The van der Waals surface area contributed by atoms with Gasteiger partial charge in [0.05, 0.1) is 17.5 Å². The number of aromatic nitrogens is 5. The lowest BCUT2D eigenvalue weighted by Crippen LogP contribution is -2.04. The monoisotopic (exact) mass is 371 g/mol. The third-order valence-electron chi connectivity index (χ3n) is 4.35. The third kappa shape index (κ3) is 2.67. The zero-order valence-corrected chi connectivity index (χ0v) is 14.5. The van der Waals surface area contributed by atoms with Crippen molar-refractivity contribution < 1.29 is 13.9 Å². The van der Waals surface area contributed by atoms with Crippen LogP contribution in [0.25, 0.3) is 27.8 Å². The Morgan fingerprint density at radius 2 is 1.96 bits per heavy atom. The number of hydrogen-bond donors (Lipinski definition) is 0. The summed E-state index contributed by atoms with van der Waals surface area (Å²) < 4.78 is 12.8. The van der Waals surface area contributed by atoms with Crippen molar-refractivity contribution in [3.63, 3.8) is 0 Å². The Hall–Kier alpha value is -4.07. The number of fused-ring (bicyclic) bond motifs is 3. The van der Waals surface area contributed by atoms with Gasteiger partial charge < -0.3 is 9.15 Å². The highest BCUT2D eigenvalue weighted by Gasteiger charge is 2.16. The van der Waals surface area contributed by atoms with Crippen LogP contribution in [-0.4, -0.2) is 31.1 Å². The first-order valence-corrected chi connectivity index (χ1v) is 8.53. The molecule has 0 N–H and O–H groups in total. The van der Waals surface area contributed by atoms with E-state index in [4.69, 9.17) is 9.15 Å². The van der Waals surface area contributed by atoms with E-state index in [1.807, 2.05) is 24.3 Å². The molecule has 28 heavy (non-hydrogen) atoms. The fourth-order valence-electron chi connectivity index (χ4n) is 2.96. The van der Waals surface area contributed by atoms with E-state index in [0.717, 1.165) is 22.6 Å². The minimum atomic E-state index is 0.213. The van der Waals surface area contributed by atoms with Gasteiger partial charge in [0, 0.05) is 22.5 Å². The molecule has 5 rings (SSSR count). The molecular weight excluding hydrogens is 358 g/mol. The van der Waals surface area contributed by atoms with E-state index in [-0.39, 0.29) is 6.61 Å². The number of nitrogens with zero attached hydrogens (tertiary/aromatic N) is 5.